The summed E-state index contributed by atoms with van der Waals surface area (Å²) in [4.78, 5) is 18.4. The van der Waals surface area contributed by atoms with Crippen LogP contribution in [0.1, 0.15) is 21.7 Å². The molecule has 0 amide bonds. The molecule has 5 heteroatoms. The molecule has 0 radical (unpaired) electrons. The molecule has 0 fully saturated rings. The van der Waals surface area contributed by atoms with E-state index in [9.17, 15) is 4.79 Å². The number of aromatic nitrogens is 2. The van der Waals surface area contributed by atoms with Gasteiger partial charge in [-0.2, -0.15) is 0 Å². The first-order valence-electron chi connectivity index (χ1n) is 5.07. The maximum Gasteiger partial charge on any atom is 0.336 e. The summed E-state index contributed by atoms with van der Waals surface area (Å²) in [7, 11) is 0. The van der Waals surface area contributed by atoms with Gasteiger partial charge in [-0.15, -0.1) is 11.6 Å². The number of nitrogens with one attached hydrogen (secondary N) is 1. The van der Waals surface area contributed by atoms with Crippen molar-refractivity contribution in [2.75, 3.05) is 0 Å². The molecule has 0 aliphatic heterocycles. The van der Waals surface area contributed by atoms with Gasteiger partial charge in [-0.3, -0.25) is 0 Å². The van der Waals surface area contributed by atoms with Crippen molar-refractivity contribution in [3.05, 3.63) is 41.2 Å². The van der Waals surface area contributed by atoms with E-state index in [0.717, 1.165) is 11.4 Å². The van der Waals surface area contributed by atoms with E-state index in [1.54, 1.807) is 24.3 Å². The van der Waals surface area contributed by atoms with Crippen LogP contribution in [-0.4, -0.2) is 21.0 Å². The fraction of sp³-hybridized carbons (Fsp3) is 0.167. The number of alkyl halides is 1. The Morgan fingerprint density at radius 2 is 2.18 bits per heavy atom. The average molecular weight is 251 g/mol. The molecule has 4 nitrogen and oxygen atoms in total. The second-order valence-electron chi connectivity index (χ2n) is 3.64. The lowest BCUT2D eigenvalue weighted by molar-refractivity contribution is 0.0697. The molecular weight excluding hydrogens is 240 g/mol. The van der Waals surface area contributed by atoms with E-state index in [-0.39, 0.29) is 5.56 Å². The number of rotatable bonds is 3. The minimum atomic E-state index is -0.970. The topological polar surface area (TPSA) is 66.0 Å². The molecule has 88 valence electrons. The summed E-state index contributed by atoms with van der Waals surface area (Å²) in [6.07, 6.45) is 0. The fourth-order valence-corrected chi connectivity index (χ4v) is 1.89. The number of imidazole rings is 1. The summed E-state index contributed by atoms with van der Waals surface area (Å²) < 4.78 is 0. The standard InChI is InChI=1S/C12H11ClN2O2/c1-7-10(6-13)15-11(14-7)8-4-2-3-5-9(8)12(16)17/h2-5H,6H2,1H3,(H,14,15)(H,16,17). The Morgan fingerprint density at radius 3 is 2.76 bits per heavy atom. The summed E-state index contributed by atoms with van der Waals surface area (Å²) in [5, 5.41) is 9.09. The number of carboxylic acid groups (broad SMARTS) is 1. The molecule has 1 heterocycles. The first-order valence-corrected chi connectivity index (χ1v) is 5.61. The molecule has 0 atom stereocenters. The van der Waals surface area contributed by atoms with Crippen LogP contribution >= 0.6 is 11.6 Å². The Hall–Kier alpha value is -1.81. The molecule has 0 aliphatic carbocycles. The van der Waals surface area contributed by atoms with Gasteiger partial charge in [0.1, 0.15) is 5.82 Å². The van der Waals surface area contributed by atoms with Gasteiger partial charge in [0.05, 0.1) is 17.1 Å². The average Bonchev–Trinajstić information content (AvgIpc) is 2.70. The lowest BCUT2D eigenvalue weighted by Crippen LogP contribution is -1.99. The highest BCUT2D eigenvalue weighted by molar-refractivity contribution is 6.17. The lowest BCUT2D eigenvalue weighted by Gasteiger charge is -2.01. The molecule has 0 spiro atoms. The molecule has 0 saturated heterocycles. The molecular formula is C12H11ClN2O2. The van der Waals surface area contributed by atoms with Crippen LogP contribution in [0.3, 0.4) is 0 Å². The smallest absolute Gasteiger partial charge is 0.336 e. The summed E-state index contributed by atoms with van der Waals surface area (Å²) in [6.45, 7) is 1.86. The van der Waals surface area contributed by atoms with Crippen LogP contribution in [0.5, 0.6) is 0 Å². The van der Waals surface area contributed by atoms with Gasteiger partial charge in [-0.05, 0) is 13.0 Å². The number of carboxylic acids is 1. The number of H-pyrrole nitrogens is 1. The van der Waals surface area contributed by atoms with Gasteiger partial charge in [0, 0.05) is 11.3 Å². The number of nitrogens with zero attached hydrogens (tertiary/aromatic N) is 1. The van der Waals surface area contributed by atoms with Gasteiger partial charge in [-0.1, -0.05) is 18.2 Å². The van der Waals surface area contributed by atoms with Crippen LogP contribution in [0, 0.1) is 6.92 Å². The van der Waals surface area contributed by atoms with Gasteiger partial charge < -0.3 is 10.1 Å². The predicted octanol–water partition coefficient (Wildman–Crippen LogP) is 2.82. The van der Waals surface area contributed by atoms with E-state index in [1.807, 2.05) is 6.92 Å². The Bertz CT molecular complexity index is 563. The zero-order chi connectivity index (χ0) is 12.4. The molecule has 0 aliphatic rings. The Labute approximate surface area is 103 Å². The number of halogens is 1. The normalized spacial score (nSPS) is 10.5. The number of aromatic carboxylic acids is 1. The van der Waals surface area contributed by atoms with Gasteiger partial charge in [0.25, 0.3) is 0 Å². The van der Waals surface area contributed by atoms with Crippen molar-refractivity contribution in [2.24, 2.45) is 0 Å². The largest absolute Gasteiger partial charge is 0.478 e. The molecule has 1 aromatic heterocycles. The van der Waals surface area contributed by atoms with Gasteiger partial charge in [0.2, 0.25) is 0 Å². The van der Waals surface area contributed by atoms with Crippen molar-refractivity contribution in [2.45, 2.75) is 12.8 Å². The highest BCUT2D eigenvalue weighted by Gasteiger charge is 2.14. The van der Waals surface area contributed by atoms with Gasteiger partial charge in [-0.25, -0.2) is 9.78 Å². The van der Waals surface area contributed by atoms with E-state index < -0.39 is 5.97 Å². The third-order valence-corrected chi connectivity index (χ3v) is 2.78. The van der Waals surface area contributed by atoms with Crippen LogP contribution in [0.2, 0.25) is 0 Å². The lowest BCUT2D eigenvalue weighted by atomic mass is 10.1. The van der Waals surface area contributed by atoms with Crippen molar-refractivity contribution >= 4 is 17.6 Å². The van der Waals surface area contributed by atoms with Crippen molar-refractivity contribution in [1.29, 1.82) is 0 Å². The summed E-state index contributed by atoms with van der Waals surface area (Å²) in [6, 6.07) is 6.74. The molecule has 2 N–H and O–H groups in total. The van der Waals surface area contributed by atoms with Crippen molar-refractivity contribution in [3.63, 3.8) is 0 Å². The summed E-state index contributed by atoms with van der Waals surface area (Å²) >= 11 is 5.74. The van der Waals surface area contributed by atoms with E-state index in [0.29, 0.717) is 17.3 Å². The first kappa shape index (κ1) is 11.7. The van der Waals surface area contributed by atoms with E-state index in [4.69, 9.17) is 16.7 Å². The fourth-order valence-electron chi connectivity index (χ4n) is 1.63. The van der Waals surface area contributed by atoms with Gasteiger partial charge in [0.15, 0.2) is 0 Å². The number of carbonyl (C=O) groups is 1. The predicted molar refractivity (Wildman–Crippen MR) is 65.3 cm³/mol. The molecule has 0 bridgehead atoms. The number of benzene rings is 1. The second-order valence-corrected chi connectivity index (χ2v) is 3.91. The molecule has 0 saturated carbocycles. The zero-order valence-electron chi connectivity index (χ0n) is 9.20. The van der Waals surface area contributed by atoms with Crippen LogP contribution in [0.15, 0.2) is 24.3 Å². The number of aromatic amines is 1. The van der Waals surface area contributed by atoms with Crippen molar-refractivity contribution < 1.29 is 9.90 Å². The highest BCUT2D eigenvalue weighted by atomic mass is 35.5. The van der Waals surface area contributed by atoms with Crippen LogP contribution in [0.25, 0.3) is 11.4 Å². The molecule has 2 rings (SSSR count). The highest BCUT2D eigenvalue weighted by Crippen LogP contribution is 2.22. The van der Waals surface area contributed by atoms with E-state index in [2.05, 4.69) is 9.97 Å². The number of hydrogen-bond donors (Lipinski definition) is 2. The van der Waals surface area contributed by atoms with E-state index >= 15 is 0 Å². The van der Waals surface area contributed by atoms with Crippen LogP contribution < -0.4 is 0 Å². The summed E-state index contributed by atoms with van der Waals surface area (Å²) in [5.41, 5.74) is 2.39. The quantitative estimate of drug-likeness (QED) is 0.824. The van der Waals surface area contributed by atoms with Gasteiger partial charge >= 0.3 is 5.97 Å². The third kappa shape index (κ3) is 2.17. The maximum absolute atomic E-state index is 11.1. The van der Waals surface area contributed by atoms with Crippen molar-refractivity contribution in [1.82, 2.24) is 9.97 Å². The Kier molecular flexibility index (Phi) is 3.15. The minimum absolute atomic E-state index is 0.224. The zero-order valence-corrected chi connectivity index (χ0v) is 9.95. The number of hydrogen-bond acceptors (Lipinski definition) is 2. The maximum atomic E-state index is 11.1. The number of aryl methyl sites for hydroxylation is 1. The second kappa shape index (κ2) is 4.59. The molecule has 1 aromatic carbocycles. The molecule has 0 unspecified atom stereocenters. The minimum Gasteiger partial charge on any atom is -0.478 e. The molecule has 2 aromatic rings. The first-order chi connectivity index (χ1) is 8.13. The van der Waals surface area contributed by atoms with Crippen LogP contribution in [0.4, 0.5) is 0 Å². The SMILES string of the molecule is Cc1[nH]c(-c2ccccc2C(=O)O)nc1CCl. The summed E-state index contributed by atoms with van der Waals surface area (Å²) in [5.74, 6) is -0.129. The third-order valence-electron chi connectivity index (χ3n) is 2.52. The monoisotopic (exact) mass is 250 g/mol. The Morgan fingerprint density at radius 1 is 1.47 bits per heavy atom. The Balaban J connectivity index is 2.56. The van der Waals surface area contributed by atoms with E-state index in [1.165, 1.54) is 0 Å². The van der Waals surface area contributed by atoms with Crippen molar-refractivity contribution in [3.8, 4) is 11.4 Å². The molecule has 17 heavy (non-hydrogen) atoms. The van der Waals surface area contributed by atoms with Crippen LogP contribution in [-0.2, 0) is 5.88 Å².